The fourth-order valence-corrected chi connectivity index (χ4v) is 4.58. The maximum absolute atomic E-state index is 11.9. The summed E-state index contributed by atoms with van der Waals surface area (Å²) in [7, 11) is 0. The van der Waals surface area contributed by atoms with Crippen molar-refractivity contribution in [1.29, 1.82) is 5.26 Å². The van der Waals surface area contributed by atoms with Crippen molar-refractivity contribution in [2.24, 2.45) is 5.92 Å². The number of hydrogen-bond acceptors (Lipinski definition) is 1. The van der Waals surface area contributed by atoms with Crippen molar-refractivity contribution < 1.29 is 4.39 Å². The zero-order valence-corrected chi connectivity index (χ0v) is 17.3. The quantitative estimate of drug-likeness (QED) is 0.395. The molecule has 1 aliphatic carbocycles. The highest BCUT2D eigenvalue weighted by atomic mass is 19.1. The Bertz CT molecular complexity index is 790. The van der Waals surface area contributed by atoms with Crippen LogP contribution in [0.2, 0.25) is 0 Å². The second-order valence-corrected chi connectivity index (χ2v) is 8.38. The van der Waals surface area contributed by atoms with Gasteiger partial charge in [0.2, 0.25) is 0 Å². The number of hydrogen-bond donors (Lipinski definition) is 0. The van der Waals surface area contributed by atoms with Crippen LogP contribution >= 0.6 is 0 Å². The van der Waals surface area contributed by atoms with Crippen LogP contribution in [0, 0.1) is 17.2 Å². The molecule has 0 unspecified atom stereocenters. The van der Waals surface area contributed by atoms with Gasteiger partial charge in [-0.2, -0.15) is 5.26 Å². The number of unbranched alkanes of at least 4 members (excludes halogenated alkanes) is 4. The van der Waals surface area contributed by atoms with Crippen LogP contribution in [0.5, 0.6) is 0 Å². The molecule has 2 aromatic rings. The van der Waals surface area contributed by atoms with E-state index >= 15 is 0 Å². The average molecular weight is 390 g/mol. The number of benzene rings is 2. The van der Waals surface area contributed by atoms with Gasteiger partial charge in [0.25, 0.3) is 0 Å². The number of nitriles is 1. The summed E-state index contributed by atoms with van der Waals surface area (Å²) in [5, 5.41) is 8.93. The van der Waals surface area contributed by atoms with Crippen LogP contribution in [0.4, 0.5) is 4.39 Å². The Kier molecular flexibility index (Phi) is 8.50. The van der Waals surface area contributed by atoms with Crippen LogP contribution in [0.1, 0.15) is 81.3 Å². The largest absolute Gasteiger partial charge is 0.216 e. The van der Waals surface area contributed by atoms with Gasteiger partial charge in [-0.05, 0) is 79.2 Å². The van der Waals surface area contributed by atoms with Crippen molar-refractivity contribution in [2.45, 2.75) is 70.1 Å². The van der Waals surface area contributed by atoms with E-state index in [1.165, 1.54) is 68.1 Å². The van der Waals surface area contributed by atoms with Gasteiger partial charge >= 0.3 is 0 Å². The zero-order chi connectivity index (χ0) is 20.3. The minimum atomic E-state index is 0.666. The van der Waals surface area contributed by atoms with E-state index in [2.05, 4.69) is 30.3 Å². The first-order chi connectivity index (χ1) is 14.3. The minimum Gasteiger partial charge on any atom is -0.216 e. The molecule has 1 nitrogen and oxygen atoms in total. The second-order valence-electron chi connectivity index (χ2n) is 8.38. The molecule has 152 valence electrons. The van der Waals surface area contributed by atoms with Crippen molar-refractivity contribution >= 4 is 0 Å². The molecule has 0 spiro atoms. The highest BCUT2D eigenvalue weighted by Gasteiger charge is 2.22. The Balaban J connectivity index is 1.41. The molecule has 1 fully saturated rings. The fourth-order valence-electron chi connectivity index (χ4n) is 4.58. The van der Waals surface area contributed by atoms with Crippen molar-refractivity contribution in [3.63, 3.8) is 0 Å². The average Bonchev–Trinajstić information content (AvgIpc) is 2.79. The molecule has 1 aliphatic rings. The molecule has 0 aromatic heterocycles. The van der Waals surface area contributed by atoms with Gasteiger partial charge in [0, 0.05) is 0 Å². The van der Waals surface area contributed by atoms with Crippen molar-refractivity contribution in [2.75, 3.05) is 0 Å². The summed E-state index contributed by atoms with van der Waals surface area (Å²) in [6, 6.07) is 19.0. The number of rotatable bonds is 9. The third-order valence-corrected chi connectivity index (χ3v) is 6.40. The summed E-state index contributed by atoms with van der Waals surface area (Å²) in [5.41, 5.74) is 4.56. The molecule has 0 heterocycles. The lowest BCUT2D eigenvalue weighted by Crippen LogP contribution is -2.13. The Morgan fingerprint density at radius 2 is 1.45 bits per heavy atom. The molecule has 0 aliphatic heterocycles. The van der Waals surface area contributed by atoms with Crippen LogP contribution < -0.4 is 0 Å². The van der Waals surface area contributed by atoms with Gasteiger partial charge in [-0.15, -0.1) is 0 Å². The molecule has 0 amide bonds. The van der Waals surface area contributed by atoms with Gasteiger partial charge < -0.3 is 0 Å². The first-order valence-electron chi connectivity index (χ1n) is 11.2. The molecule has 0 saturated heterocycles. The van der Waals surface area contributed by atoms with E-state index in [1.54, 1.807) is 6.08 Å². The first-order valence-corrected chi connectivity index (χ1v) is 11.2. The molecule has 3 rings (SSSR count). The summed E-state index contributed by atoms with van der Waals surface area (Å²) in [6.45, 7) is 0. The number of allylic oxidation sites excluding steroid dienone is 1. The van der Waals surface area contributed by atoms with Gasteiger partial charge in [-0.3, -0.25) is 0 Å². The van der Waals surface area contributed by atoms with Crippen LogP contribution in [0.3, 0.4) is 0 Å². The molecule has 0 bridgehead atoms. The van der Waals surface area contributed by atoms with E-state index < -0.39 is 0 Å². The predicted octanol–water partition coefficient (Wildman–Crippen LogP) is 8.32. The monoisotopic (exact) mass is 389 g/mol. The van der Waals surface area contributed by atoms with Gasteiger partial charge in [0.15, 0.2) is 0 Å². The summed E-state index contributed by atoms with van der Waals surface area (Å²) in [4.78, 5) is 0. The van der Waals surface area contributed by atoms with Crippen LogP contribution in [-0.2, 0) is 0 Å². The lowest BCUT2D eigenvalue weighted by Gasteiger charge is -2.29. The SMILES string of the molecule is N#Cc1ccc(-c2ccc([C@H]3CC[C@H](CCCCCCC=CF)CC3)cc2)cc1. The van der Waals surface area contributed by atoms with Gasteiger partial charge in [0.05, 0.1) is 18.0 Å². The van der Waals surface area contributed by atoms with Crippen LogP contribution in [-0.4, -0.2) is 0 Å². The van der Waals surface area contributed by atoms with E-state index in [0.717, 1.165) is 18.8 Å². The smallest absolute Gasteiger partial charge is 0.0991 e. The summed E-state index contributed by atoms with van der Waals surface area (Å²) < 4.78 is 11.9. The second kappa shape index (κ2) is 11.6. The number of halogens is 1. The molecule has 1 saturated carbocycles. The minimum absolute atomic E-state index is 0.666. The van der Waals surface area contributed by atoms with Crippen molar-refractivity contribution in [3.8, 4) is 17.2 Å². The molecular formula is C27H32FN. The van der Waals surface area contributed by atoms with Crippen LogP contribution in [0.25, 0.3) is 11.1 Å². The molecule has 0 N–H and O–H groups in total. The van der Waals surface area contributed by atoms with E-state index in [9.17, 15) is 4.39 Å². The first kappa shape index (κ1) is 21.3. The van der Waals surface area contributed by atoms with Gasteiger partial charge in [-0.25, -0.2) is 4.39 Å². The fraction of sp³-hybridized carbons (Fsp3) is 0.444. The van der Waals surface area contributed by atoms with Gasteiger partial charge in [0.1, 0.15) is 0 Å². The van der Waals surface area contributed by atoms with Crippen molar-refractivity contribution in [3.05, 3.63) is 72.1 Å². The number of nitrogens with zero attached hydrogens (tertiary/aromatic N) is 1. The van der Waals surface area contributed by atoms with E-state index in [0.29, 0.717) is 17.8 Å². The van der Waals surface area contributed by atoms with E-state index in [-0.39, 0.29) is 0 Å². The standard InChI is InChI=1S/C27H32FN/c28-20-6-4-2-1-3-5-7-22-8-12-24(13-9-22)26-16-18-27(19-17-26)25-14-10-23(21-29)11-15-25/h6,10-11,14-20,22,24H,1-5,7-9,12-13H2/t22-,24-. The highest BCUT2D eigenvalue weighted by molar-refractivity contribution is 5.64. The lowest BCUT2D eigenvalue weighted by atomic mass is 9.77. The lowest BCUT2D eigenvalue weighted by molar-refractivity contribution is 0.302. The summed E-state index contributed by atoms with van der Waals surface area (Å²) >= 11 is 0. The Labute approximate surface area is 175 Å². The molecular weight excluding hydrogens is 357 g/mol. The van der Waals surface area contributed by atoms with Gasteiger partial charge in [-0.1, -0.05) is 68.2 Å². The summed E-state index contributed by atoms with van der Waals surface area (Å²) in [5.74, 6) is 1.60. The third-order valence-electron chi connectivity index (χ3n) is 6.40. The molecule has 0 radical (unpaired) electrons. The normalized spacial score (nSPS) is 19.3. The Hall–Kier alpha value is -2.40. The molecule has 0 atom stereocenters. The third kappa shape index (κ3) is 6.57. The zero-order valence-electron chi connectivity index (χ0n) is 17.3. The Morgan fingerprint density at radius 3 is 2.07 bits per heavy atom. The maximum atomic E-state index is 11.9. The topological polar surface area (TPSA) is 23.8 Å². The van der Waals surface area contributed by atoms with E-state index in [1.807, 2.05) is 24.3 Å². The summed E-state index contributed by atoms with van der Waals surface area (Å²) in [6.07, 6.45) is 14.8. The van der Waals surface area contributed by atoms with Crippen molar-refractivity contribution in [1.82, 2.24) is 0 Å². The van der Waals surface area contributed by atoms with Crippen LogP contribution in [0.15, 0.2) is 60.9 Å². The Morgan fingerprint density at radius 1 is 0.828 bits per heavy atom. The van der Waals surface area contributed by atoms with E-state index in [4.69, 9.17) is 5.26 Å². The molecule has 29 heavy (non-hydrogen) atoms. The highest BCUT2D eigenvalue weighted by Crippen LogP contribution is 2.38. The molecule has 2 heteroatoms. The predicted molar refractivity (Wildman–Crippen MR) is 119 cm³/mol. The molecule has 2 aromatic carbocycles. The maximum Gasteiger partial charge on any atom is 0.0991 e.